The Kier molecular flexibility index (Phi) is 8.77. The van der Waals surface area contributed by atoms with E-state index in [4.69, 9.17) is 18.9 Å². The van der Waals surface area contributed by atoms with Crippen molar-refractivity contribution in [2.45, 2.75) is 39.2 Å². The summed E-state index contributed by atoms with van der Waals surface area (Å²) in [5.74, 6) is -0.379. The molecular formula is C27H33N5O6Si. The molecule has 206 valence electrons. The second-order valence-corrected chi connectivity index (χ2v) is 15.7. The number of hydrogen-bond acceptors (Lipinski definition) is 9. The van der Waals surface area contributed by atoms with Gasteiger partial charge in [-0.2, -0.15) is 10.1 Å². The Morgan fingerprint density at radius 1 is 1.05 bits per heavy atom. The molecule has 39 heavy (non-hydrogen) atoms. The third-order valence-electron chi connectivity index (χ3n) is 5.90. The topological polar surface area (TPSA) is 120 Å². The number of hydrogen-bond donors (Lipinski definition) is 0. The molecule has 3 heterocycles. The van der Waals surface area contributed by atoms with Crippen molar-refractivity contribution in [1.29, 1.82) is 0 Å². The zero-order valence-corrected chi connectivity index (χ0v) is 23.8. The van der Waals surface area contributed by atoms with Crippen molar-refractivity contribution in [2.24, 2.45) is 0 Å². The molecule has 0 amide bonds. The van der Waals surface area contributed by atoms with Crippen LogP contribution in [-0.4, -0.2) is 71.4 Å². The number of carbonyl (C=O) groups excluding carboxylic acids is 2. The molecule has 0 bridgehead atoms. The normalized spacial score (nSPS) is 11.5. The van der Waals surface area contributed by atoms with Crippen LogP contribution in [0.3, 0.4) is 0 Å². The van der Waals surface area contributed by atoms with Crippen LogP contribution in [0.15, 0.2) is 48.9 Å². The third kappa shape index (κ3) is 6.89. The van der Waals surface area contributed by atoms with Crippen molar-refractivity contribution in [3.8, 4) is 11.8 Å². The molecule has 0 saturated heterocycles. The van der Waals surface area contributed by atoms with E-state index in [0.29, 0.717) is 29.7 Å². The molecule has 0 spiro atoms. The number of fused-ring (bicyclic) bond motifs is 1. The van der Waals surface area contributed by atoms with Gasteiger partial charge in [-0.05, 0) is 30.7 Å². The average molecular weight is 552 g/mol. The summed E-state index contributed by atoms with van der Waals surface area (Å²) in [6.07, 6.45) is 4.76. The summed E-state index contributed by atoms with van der Waals surface area (Å²) in [4.78, 5) is 33.7. The van der Waals surface area contributed by atoms with Gasteiger partial charge in [-0.1, -0.05) is 37.8 Å². The van der Waals surface area contributed by atoms with Crippen LogP contribution in [0.5, 0.6) is 5.88 Å². The first kappa shape index (κ1) is 28.0. The van der Waals surface area contributed by atoms with E-state index in [1.54, 1.807) is 19.1 Å². The summed E-state index contributed by atoms with van der Waals surface area (Å²) in [7, 11) is 0.104. The molecule has 11 nitrogen and oxygen atoms in total. The summed E-state index contributed by atoms with van der Waals surface area (Å²) >= 11 is 0. The number of benzene rings is 1. The summed E-state index contributed by atoms with van der Waals surface area (Å²) in [6, 6.07) is 10.1. The smallest absolute Gasteiger partial charge is 0.341 e. The lowest BCUT2D eigenvalue weighted by atomic mass is 10.1. The Labute approximate surface area is 227 Å². The fourth-order valence-corrected chi connectivity index (χ4v) is 4.59. The van der Waals surface area contributed by atoms with Gasteiger partial charge in [0, 0.05) is 33.6 Å². The zero-order valence-electron chi connectivity index (χ0n) is 22.8. The largest absolute Gasteiger partial charge is 0.465 e. The number of nitrogens with zero attached hydrogens (tertiary/aromatic N) is 5. The highest BCUT2D eigenvalue weighted by molar-refractivity contribution is 6.76. The van der Waals surface area contributed by atoms with Crippen molar-refractivity contribution in [2.75, 3.05) is 27.1 Å². The van der Waals surface area contributed by atoms with E-state index in [9.17, 15) is 9.59 Å². The third-order valence-corrected chi connectivity index (χ3v) is 7.61. The first-order valence-corrected chi connectivity index (χ1v) is 16.4. The molecule has 0 unspecified atom stereocenters. The molecule has 1 aromatic carbocycles. The van der Waals surface area contributed by atoms with Crippen LogP contribution in [0.4, 0.5) is 0 Å². The van der Waals surface area contributed by atoms with Crippen molar-refractivity contribution >= 4 is 31.0 Å². The van der Waals surface area contributed by atoms with Gasteiger partial charge in [-0.25, -0.2) is 19.3 Å². The molecule has 0 aliphatic rings. The lowest BCUT2D eigenvalue weighted by Gasteiger charge is -2.16. The number of rotatable bonds is 12. The summed E-state index contributed by atoms with van der Waals surface area (Å²) in [5, 5.41) is 4.24. The van der Waals surface area contributed by atoms with Crippen molar-refractivity contribution in [3.63, 3.8) is 0 Å². The molecule has 4 rings (SSSR count). The Morgan fingerprint density at radius 3 is 2.59 bits per heavy atom. The maximum Gasteiger partial charge on any atom is 0.341 e. The lowest BCUT2D eigenvalue weighted by molar-refractivity contribution is 0.0200. The molecule has 0 radical (unpaired) electrons. The zero-order chi connectivity index (χ0) is 28.0. The summed E-state index contributed by atoms with van der Waals surface area (Å²) in [5.41, 5.74) is 2.76. The number of esters is 2. The summed E-state index contributed by atoms with van der Waals surface area (Å²) < 4.78 is 25.1. The molecule has 0 aliphatic carbocycles. The SMILES string of the molecule is CCOC(=O)c1cnn(-c2nc(OCOCC[Si](C)(C)C)c3c(ccn3Cc3ccccc3C(=O)OC)n2)c1. The van der Waals surface area contributed by atoms with Gasteiger partial charge >= 0.3 is 11.9 Å². The number of methoxy groups -OCH3 is 1. The van der Waals surface area contributed by atoms with Crippen LogP contribution in [0, 0.1) is 0 Å². The molecular weight excluding hydrogens is 518 g/mol. The van der Waals surface area contributed by atoms with Crippen LogP contribution in [0.2, 0.25) is 25.7 Å². The van der Waals surface area contributed by atoms with E-state index < -0.39 is 20.0 Å². The van der Waals surface area contributed by atoms with Crippen molar-refractivity contribution < 1.29 is 28.5 Å². The second-order valence-electron chi connectivity index (χ2n) is 10.0. The van der Waals surface area contributed by atoms with Crippen molar-refractivity contribution in [3.05, 3.63) is 65.6 Å². The number of carbonyl (C=O) groups is 2. The molecule has 0 fully saturated rings. The Hall–Kier alpha value is -4.03. The van der Waals surface area contributed by atoms with Crippen LogP contribution < -0.4 is 4.74 Å². The van der Waals surface area contributed by atoms with Gasteiger partial charge in [0.05, 0.1) is 36.6 Å². The minimum atomic E-state index is -1.25. The first-order chi connectivity index (χ1) is 18.7. The fraction of sp³-hybridized carbons (Fsp3) is 0.370. The maximum atomic E-state index is 12.3. The van der Waals surface area contributed by atoms with Crippen LogP contribution in [-0.2, 0) is 20.8 Å². The van der Waals surface area contributed by atoms with E-state index in [1.165, 1.54) is 24.2 Å². The van der Waals surface area contributed by atoms with Crippen LogP contribution >= 0.6 is 0 Å². The van der Waals surface area contributed by atoms with Gasteiger partial charge in [0.1, 0.15) is 5.52 Å². The highest BCUT2D eigenvalue weighted by Crippen LogP contribution is 2.27. The fourth-order valence-electron chi connectivity index (χ4n) is 3.83. The van der Waals surface area contributed by atoms with Gasteiger partial charge in [0.15, 0.2) is 6.79 Å². The predicted octanol–water partition coefficient (Wildman–Crippen LogP) is 4.32. The highest BCUT2D eigenvalue weighted by Gasteiger charge is 2.19. The maximum absolute atomic E-state index is 12.3. The molecule has 12 heteroatoms. The van der Waals surface area contributed by atoms with E-state index in [0.717, 1.165) is 11.6 Å². The minimum absolute atomic E-state index is 0.00709. The molecule has 0 saturated carbocycles. The average Bonchev–Trinajstić information content (AvgIpc) is 3.56. The van der Waals surface area contributed by atoms with Crippen LogP contribution in [0.25, 0.3) is 17.0 Å². The quantitative estimate of drug-likeness (QED) is 0.110. The van der Waals surface area contributed by atoms with E-state index in [-0.39, 0.29) is 30.8 Å². The van der Waals surface area contributed by atoms with Crippen LogP contribution in [0.1, 0.15) is 33.2 Å². The van der Waals surface area contributed by atoms with Gasteiger partial charge in [0.2, 0.25) is 5.88 Å². The van der Waals surface area contributed by atoms with Gasteiger partial charge in [0.25, 0.3) is 5.95 Å². The predicted molar refractivity (Wildman–Crippen MR) is 147 cm³/mol. The minimum Gasteiger partial charge on any atom is -0.465 e. The monoisotopic (exact) mass is 551 g/mol. The number of aromatic nitrogens is 5. The lowest BCUT2D eigenvalue weighted by Crippen LogP contribution is -2.22. The molecule has 0 atom stereocenters. The molecule has 0 N–H and O–H groups in total. The van der Waals surface area contributed by atoms with Crippen molar-refractivity contribution in [1.82, 2.24) is 24.3 Å². The molecule has 0 aliphatic heterocycles. The van der Waals surface area contributed by atoms with Gasteiger partial charge < -0.3 is 23.5 Å². The molecule has 3 aromatic heterocycles. The second kappa shape index (κ2) is 12.2. The van der Waals surface area contributed by atoms with E-state index in [1.807, 2.05) is 29.0 Å². The highest BCUT2D eigenvalue weighted by atomic mass is 28.3. The summed E-state index contributed by atoms with van der Waals surface area (Å²) in [6.45, 7) is 9.80. The van der Waals surface area contributed by atoms with E-state index in [2.05, 4.69) is 34.7 Å². The number of ether oxygens (including phenoxy) is 4. The van der Waals surface area contributed by atoms with Gasteiger partial charge in [-0.3, -0.25) is 0 Å². The Morgan fingerprint density at radius 2 is 1.85 bits per heavy atom. The van der Waals surface area contributed by atoms with Gasteiger partial charge in [-0.15, -0.1) is 0 Å². The standard InChI is InChI=1S/C27H33N5O6Si/c1-6-37-25(33)20-15-28-32(17-20)27-29-22-11-12-31(16-19-9-7-8-10-21(19)26(34)35-2)23(22)24(30-27)38-18-36-13-14-39(3,4)5/h7-12,15,17H,6,13-14,16,18H2,1-5H3. The molecule has 4 aromatic rings. The van der Waals surface area contributed by atoms with E-state index >= 15 is 0 Å². The Bertz CT molecular complexity index is 1460. The first-order valence-electron chi connectivity index (χ1n) is 12.7. The Balaban J connectivity index is 1.68.